The summed E-state index contributed by atoms with van der Waals surface area (Å²) in [4.78, 5) is 0. The van der Waals surface area contributed by atoms with Crippen LogP contribution in [0.15, 0.2) is 0 Å². The van der Waals surface area contributed by atoms with Crippen LogP contribution < -0.4 is 5.32 Å². The summed E-state index contributed by atoms with van der Waals surface area (Å²) in [5, 5.41) is 3.36. The first-order valence-electron chi connectivity index (χ1n) is 5.79. The maximum Gasteiger partial charge on any atom is 0.150 e. The molecule has 2 aliphatic heterocycles. The highest BCUT2D eigenvalue weighted by molar-refractivity contribution is 7.91. The molecular formula is C10H19NO4S. The zero-order chi connectivity index (χ0) is 11.4. The Morgan fingerprint density at radius 2 is 1.94 bits per heavy atom. The van der Waals surface area contributed by atoms with Gasteiger partial charge in [-0.3, -0.25) is 0 Å². The topological polar surface area (TPSA) is 64.6 Å². The van der Waals surface area contributed by atoms with Crippen LogP contribution in [-0.2, 0) is 19.3 Å². The summed E-state index contributed by atoms with van der Waals surface area (Å²) in [6, 6.07) is 0.314. The molecule has 5 nitrogen and oxygen atoms in total. The van der Waals surface area contributed by atoms with E-state index in [0.717, 1.165) is 19.4 Å². The van der Waals surface area contributed by atoms with Gasteiger partial charge in [0, 0.05) is 12.6 Å². The van der Waals surface area contributed by atoms with Gasteiger partial charge in [-0.05, 0) is 12.8 Å². The molecule has 2 aliphatic rings. The van der Waals surface area contributed by atoms with Gasteiger partial charge in [0.05, 0.1) is 37.4 Å². The van der Waals surface area contributed by atoms with Gasteiger partial charge in [-0.25, -0.2) is 8.42 Å². The van der Waals surface area contributed by atoms with E-state index in [1.165, 1.54) is 0 Å². The van der Waals surface area contributed by atoms with E-state index in [0.29, 0.717) is 37.4 Å². The Labute approximate surface area is 96.4 Å². The third kappa shape index (κ3) is 3.69. The van der Waals surface area contributed by atoms with Crippen LogP contribution in [0.25, 0.3) is 0 Å². The highest BCUT2D eigenvalue weighted by Gasteiger charge is 2.24. The molecule has 0 aliphatic carbocycles. The Hall–Kier alpha value is -0.170. The average molecular weight is 249 g/mol. The third-order valence-corrected chi connectivity index (χ3v) is 4.79. The molecule has 0 aromatic rings. The van der Waals surface area contributed by atoms with Crippen LogP contribution in [0, 0.1) is 0 Å². The van der Waals surface area contributed by atoms with E-state index < -0.39 is 9.84 Å². The summed E-state index contributed by atoms with van der Waals surface area (Å²) in [6.07, 6.45) is 1.55. The van der Waals surface area contributed by atoms with Crippen LogP contribution in [0.4, 0.5) is 0 Å². The van der Waals surface area contributed by atoms with Gasteiger partial charge in [-0.2, -0.15) is 0 Å². The molecule has 1 atom stereocenters. The molecule has 0 bridgehead atoms. The Balaban J connectivity index is 1.67. The van der Waals surface area contributed by atoms with Gasteiger partial charge >= 0.3 is 0 Å². The van der Waals surface area contributed by atoms with Gasteiger partial charge in [-0.15, -0.1) is 0 Å². The lowest BCUT2D eigenvalue weighted by molar-refractivity contribution is -0.0871. The molecule has 0 saturated carbocycles. The van der Waals surface area contributed by atoms with Crippen LogP contribution in [-0.4, -0.2) is 58.4 Å². The summed E-state index contributed by atoms with van der Waals surface area (Å²) in [7, 11) is -2.75. The van der Waals surface area contributed by atoms with Crippen molar-refractivity contribution in [2.24, 2.45) is 0 Å². The highest BCUT2D eigenvalue weighted by Crippen LogP contribution is 2.12. The summed E-state index contributed by atoms with van der Waals surface area (Å²) in [5.74, 6) is 0.624. The van der Waals surface area contributed by atoms with E-state index in [4.69, 9.17) is 9.47 Å². The molecule has 2 saturated heterocycles. The Bertz CT molecular complexity index is 297. The van der Waals surface area contributed by atoms with Crippen molar-refractivity contribution in [3.8, 4) is 0 Å². The molecular weight excluding hydrogens is 230 g/mol. The fourth-order valence-electron chi connectivity index (χ4n) is 2.05. The first kappa shape index (κ1) is 12.3. The second-order valence-corrected chi connectivity index (χ2v) is 6.71. The first-order valence-corrected chi connectivity index (χ1v) is 7.61. The Morgan fingerprint density at radius 1 is 1.19 bits per heavy atom. The predicted molar refractivity (Wildman–Crippen MR) is 60.2 cm³/mol. The Morgan fingerprint density at radius 3 is 2.56 bits per heavy atom. The molecule has 2 fully saturated rings. The molecule has 0 aromatic heterocycles. The first-order chi connectivity index (χ1) is 7.66. The van der Waals surface area contributed by atoms with E-state index in [2.05, 4.69) is 5.32 Å². The lowest BCUT2D eigenvalue weighted by Gasteiger charge is -2.27. The quantitative estimate of drug-likeness (QED) is 0.735. The molecule has 16 heavy (non-hydrogen) atoms. The molecule has 0 radical (unpaired) electrons. The number of sulfone groups is 1. The van der Waals surface area contributed by atoms with Crippen molar-refractivity contribution in [3.05, 3.63) is 0 Å². The summed E-state index contributed by atoms with van der Waals surface area (Å²) in [6.45, 7) is 2.73. The third-order valence-electron chi connectivity index (χ3n) is 3.07. The van der Waals surface area contributed by atoms with Crippen molar-refractivity contribution in [2.75, 3.05) is 37.9 Å². The van der Waals surface area contributed by atoms with E-state index in [1.54, 1.807) is 0 Å². The van der Waals surface area contributed by atoms with Crippen molar-refractivity contribution < 1.29 is 17.9 Å². The van der Waals surface area contributed by atoms with Crippen LogP contribution in [0.5, 0.6) is 0 Å². The maximum absolute atomic E-state index is 11.2. The molecule has 1 unspecified atom stereocenters. The minimum Gasteiger partial charge on any atom is -0.376 e. The fourth-order valence-corrected chi connectivity index (χ4v) is 3.54. The average Bonchev–Trinajstić information content (AvgIpc) is 2.29. The smallest absolute Gasteiger partial charge is 0.150 e. The minimum absolute atomic E-state index is 0.118. The normalized spacial score (nSPS) is 31.4. The van der Waals surface area contributed by atoms with Gasteiger partial charge in [0.2, 0.25) is 0 Å². The highest BCUT2D eigenvalue weighted by atomic mass is 32.2. The van der Waals surface area contributed by atoms with E-state index in [9.17, 15) is 8.42 Å². The standard InChI is InChI=1S/C10H19NO4S/c12-16(13)5-1-9(2-6-16)11-7-10-8-14-3-4-15-10/h9-11H,1-8H2. The molecule has 1 N–H and O–H groups in total. The van der Waals surface area contributed by atoms with Crippen molar-refractivity contribution in [1.29, 1.82) is 0 Å². The second kappa shape index (κ2) is 5.44. The minimum atomic E-state index is -2.75. The van der Waals surface area contributed by atoms with Crippen LogP contribution >= 0.6 is 0 Å². The Kier molecular flexibility index (Phi) is 4.18. The molecule has 6 heteroatoms. The molecule has 94 valence electrons. The zero-order valence-corrected chi connectivity index (χ0v) is 10.2. The van der Waals surface area contributed by atoms with Crippen LogP contribution in [0.3, 0.4) is 0 Å². The zero-order valence-electron chi connectivity index (χ0n) is 9.35. The molecule has 2 rings (SSSR count). The summed E-state index contributed by atoms with van der Waals surface area (Å²) >= 11 is 0. The maximum atomic E-state index is 11.2. The van der Waals surface area contributed by atoms with E-state index in [-0.39, 0.29) is 6.10 Å². The van der Waals surface area contributed by atoms with Crippen LogP contribution in [0.1, 0.15) is 12.8 Å². The monoisotopic (exact) mass is 249 g/mol. The van der Waals surface area contributed by atoms with E-state index in [1.807, 2.05) is 0 Å². The molecule has 0 aromatic carbocycles. The largest absolute Gasteiger partial charge is 0.376 e. The van der Waals surface area contributed by atoms with Gasteiger partial charge < -0.3 is 14.8 Å². The van der Waals surface area contributed by atoms with Gasteiger partial charge in [0.1, 0.15) is 9.84 Å². The molecule has 0 amide bonds. The summed E-state index contributed by atoms with van der Waals surface area (Å²) < 4.78 is 33.3. The predicted octanol–water partition coefficient (Wildman–Crippen LogP) is -0.431. The number of ether oxygens (including phenoxy) is 2. The van der Waals surface area contributed by atoms with E-state index >= 15 is 0 Å². The van der Waals surface area contributed by atoms with Gasteiger partial charge in [0.25, 0.3) is 0 Å². The SMILES string of the molecule is O=S1(=O)CCC(NCC2COCCO2)CC1. The van der Waals surface area contributed by atoms with Crippen molar-refractivity contribution in [1.82, 2.24) is 5.32 Å². The molecule has 2 heterocycles. The lowest BCUT2D eigenvalue weighted by Crippen LogP contribution is -2.44. The second-order valence-electron chi connectivity index (χ2n) is 4.40. The lowest BCUT2D eigenvalue weighted by atomic mass is 10.1. The number of nitrogens with one attached hydrogen (secondary N) is 1. The molecule has 0 spiro atoms. The summed E-state index contributed by atoms with van der Waals surface area (Å²) in [5.41, 5.74) is 0. The fraction of sp³-hybridized carbons (Fsp3) is 1.00. The number of hydrogen-bond acceptors (Lipinski definition) is 5. The van der Waals surface area contributed by atoms with Gasteiger partial charge in [0.15, 0.2) is 0 Å². The van der Waals surface area contributed by atoms with Crippen LogP contribution in [0.2, 0.25) is 0 Å². The number of hydrogen-bond donors (Lipinski definition) is 1. The van der Waals surface area contributed by atoms with Crippen molar-refractivity contribution >= 4 is 9.84 Å². The van der Waals surface area contributed by atoms with Crippen molar-refractivity contribution in [2.45, 2.75) is 25.0 Å². The van der Waals surface area contributed by atoms with Crippen molar-refractivity contribution in [3.63, 3.8) is 0 Å². The van der Waals surface area contributed by atoms with Gasteiger partial charge in [-0.1, -0.05) is 0 Å². The number of rotatable bonds is 3.